The minimum atomic E-state index is -2.23. The molecule has 0 saturated carbocycles. The first-order valence-electron chi connectivity index (χ1n) is 10.3. The molecule has 0 saturated heterocycles. The van der Waals surface area contributed by atoms with E-state index < -0.39 is 14.4 Å². The van der Waals surface area contributed by atoms with Crippen LogP contribution in [-0.4, -0.2) is 47.8 Å². The van der Waals surface area contributed by atoms with E-state index in [2.05, 4.69) is 41.5 Å². The molecule has 0 aliphatic rings. The van der Waals surface area contributed by atoms with Crippen LogP contribution < -0.4 is 4.74 Å². The zero-order chi connectivity index (χ0) is 22.0. The van der Waals surface area contributed by atoms with Crippen LogP contribution in [0, 0.1) is 0 Å². The molecule has 164 valence electrons. The normalized spacial score (nSPS) is 13.6. The molecule has 0 spiro atoms. The first-order valence-corrected chi connectivity index (χ1v) is 12.4. The number of carbonyl (C=O) groups is 1. The predicted molar refractivity (Wildman–Crippen MR) is 121 cm³/mol. The molecule has 1 unspecified atom stereocenters. The lowest BCUT2D eigenvalue weighted by Gasteiger charge is -2.44. The Morgan fingerprint density at radius 1 is 0.966 bits per heavy atom. The first kappa shape index (κ1) is 25.6. The molecular weight excluding hydrogens is 384 g/mol. The Balaban J connectivity index is 3.07. The molecule has 0 fully saturated rings. The van der Waals surface area contributed by atoms with E-state index in [0.717, 1.165) is 11.3 Å². The Bertz CT molecular complexity index is 615. The number of methoxy groups -OCH3 is 2. The fraction of sp³-hybridized carbons (Fsp3) is 0.609. The summed E-state index contributed by atoms with van der Waals surface area (Å²) in [7, 11) is 0.969. The fourth-order valence-electron chi connectivity index (χ4n) is 4.07. The van der Waals surface area contributed by atoms with Gasteiger partial charge in [-0.15, -0.1) is 0 Å². The number of ketones is 1. The van der Waals surface area contributed by atoms with Crippen molar-refractivity contribution in [3.63, 3.8) is 0 Å². The van der Waals surface area contributed by atoms with Gasteiger partial charge in [-0.2, -0.15) is 0 Å². The second kappa shape index (κ2) is 12.3. The Hall–Kier alpha value is -1.47. The van der Waals surface area contributed by atoms with Crippen molar-refractivity contribution in [2.24, 2.45) is 0 Å². The van der Waals surface area contributed by atoms with Crippen molar-refractivity contribution >= 4 is 20.2 Å². The molecule has 0 aliphatic heterocycles. The molecule has 1 rings (SSSR count). The van der Waals surface area contributed by atoms with Gasteiger partial charge in [0.25, 0.3) is 0 Å². The molecule has 0 amide bonds. The third-order valence-corrected chi connectivity index (χ3v) is 11.5. The van der Waals surface area contributed by atoms with E-state index in [1.165, 1.54) is 0 Å². The highest BCUT2D eigenvalue weighted by Crippen LogP contribution is 2.43. The predicted octanol–water partition coefficient (Wildman–Crippen LogP) is 5.46. The maximum atomic E-state index is 13.0. The average molecular weight is 423 g/mol. The van der Waals surface area contributed by atoms with Crippen molar-refractivity contribution in [3.8, 4) is 5.75 Å². The monoisotopic (exact) mass is 422 g/mol. The van der Waals surface area contributed by atoms with Crippen LogP contribution >= 0.6 is 0 Å². The summed E-state index contributed by atoms with van der Waals surface area (Å²) < 4.78 is 22.4. The SMILES string of the molecule is COCOCC(O[Si](C(C)C)(C(C)C)C(C)C)C(=O)/C=C/c1ccc(OC)cc1. The highest BCUT2D eigenvalue weighted by Gasteiger charge is 2.47. The van der Waals surface area contributed by atoms with Crippen molar-refractivity contribution in [2.75, 3.05) is 27.6 Å². The van der Waals surface area contributed by atoms with Gasteiger partial charge in [0.15, 0.2) is 5.78 Å². The van der Waals surface area contributed by atoms with Gasteiger partial charge in [-0.3, -0.25) is 4.79 Å². The maximum absolute atomic E-state index is 13.0. The maximum Gasteiger partial charge on any atom is 0.201 e. The van der Waals surface area contributed by atoms with Crippen LogP contribution in [0.3, 0.4) is 0 Å². The smallest absolute Gasteiger partial charge is 0.201 e. The second-order valence-corrected chi connectivity index (χ2v) is 13.6. The lowest BCUT2D eigenvalue weighted by atomic mass is 10.1. The Morgan fingerprint density at radius 3 is 1.97 bits per heavy atom. The summed E-state index contributed by atoms with van der Waals surface area (Å²) in [4.78, 5) is 13.0. The van der Waals surface area contributed by atoms with Gasteiger partial charge < -0.3 is 18.6 Å². The van der Waals surface area contributed by atoms with E-state index in [4.69, 9.17) is 18.6 Å². The van der Waals surface area contributed by atoms with Crippen LogP contribution in [0.1, 0.15) is 47.1 Å². The van der Waals surface area contributed by atoms with Gasteiger partial charge >= 0.3 is 0 Å². The lowest BCUT2D eigenvalue weighted by molar-refractivity contribution is -0.127. The van der Waals surface area contributed by atoms with E-state index >= 15 is 0 Å². The molecule has 1 atom stereocenters. The molecule has 6 heteroatoms. The molecule has 0 aromatic heterocycles. The highest BCUT2D eigenvalue weighted by atomic mass is 28.4. The number of rotatable bonds is 13. The van der Waals surface area contributed by atoms with Gasteiger partial charge in [0, 0.05) is 7.11 Å². The summed E-state index contributed by atoms with van der Waals surface area (Å²) in [5.41, 5.74) is 2.07. The van der Waals surface area contributed by atoms with E-state index in [9.17, 15) is 4.79 Å². The molecule has 29 heavy (non-hydrogen) atoms. The summed E-state index contributed by atoms with van der Waals surface area (Å²) in [5.74, 6) is 0.694. The minimum Gasteiger partial charge on any atom is -0.497 e. The van der Waals surface area contributed by atoms with Crippen LogP contribution in [0.5, 0.6) is 5.75 Å². The minimum absolute atomic E-state index is 0.0873. The van der Waals surface area contributed by atoms with E-state index in [-0.39, 0.29) is 19.2 Å². The van der Waals surface area contributed by atoms with Crippen LogP contribution in [-0.2, 0) is 18.7 Å². The standard InChI is InChI=1S/C23H38O5Si/c1-17(2)29(18(3)4,19(5)6)28-23(15-27-16-25-7)22(24)14-11-20-9-12-21(26-8)13-10-20/h9-14,17-19,23H,15-16H2,1-8H3/b14-11+. The third kappa shape index (κ3) is 7.06. The highest BCUT2D eigenvalue weighted by molar-refractivity contribution is 6.77. The summed E-state index contributed by atoms with van der Waals surface area (Å²) >= 11 is 0. The van der Waals surface area contributed by atoms with Gasteiger partial charge in [-0.05, 0) is 40.4 Å². The average Bonchev–Trinajstić information content (AvgIpc) is 2.68. The van der Waals surface area contributed by atoms with Crippen molar-refractivity contribution in [3.05, 3.63) is 35.9 Å². The van der Waals surface area contributed by atoms with Crippen LogP contribution in [0.4, 0.5) is 0 Å². The van der Waals surface area contributed by atoms with Gasteiger partial charge in [0.05, 0.1) is 13.7 Å². The van der Waals surface area contributed by atoms with Crippen LogP contribution in [0.25, 0.3) is 6.08 Å². The topological polar surface area (TPSA) is 54.0 Å². The van der Waals surface area contributed by atoms with Gasteiger partial charge in [-0.1, -0.05) is 59.8 Å². The summed E-state index contributed by atoms with van der Waals surface area (Å²) in [6.45, 7) is 13.5. The summed E-state index contributed by atoms with van der Waals surface area (Å²) in [6.07, 6.45) is 2.75. The molecule has 1 aromatic carbocycles. The Labute approximate surface area is 177 Å². The first-order chi connectivity index (χ1) is 13.7. The molecule has 0 N–H and O–H groups in total. The van der Waals surface area contributed by atoms with E-state index in [1.807, 2.05) is 24.3 Å². The third-order valence-electron chi connectivity index (χ3n) is 5.40. The zero-order valence-corrected chi connectivity index (χ0v) is 20.2. The molecular formula is C23H38O5Si. The van der Waals surface area contributed by atoms with Crippen molar-refractivity contribution in [2.45, 2.75) is 64.3 Å². The Kier molecular flexibility index (Phi) is 10.8. The van der Waals surface area contributed by atoms with Crippen molar-refractivity contribution in [1.82, 2.24) is 0 Å². The van der Waals surface area contributed by atoms with Gasteiger partial charge in [-0.25, -0.2) is 0 Å². The quantitative estimate of drug-likeness (QED) is 0.183. The second-order valence-electron chi connectivity index (χ2n) is 8.21. The van der Waals surface area contributed by atoms with Crippen molar-refractivity contribution in [1.29, 1.82) is 0 Å². The van der Waals surface area contributed by atoms with Crippen LogP contribution in [0.2, 0.25) is 16.6 Å². The van der Waals surface area contributed by atoms with Gasteiger partial charge in [0.1, 0.15) is 18.6 Å². The largest absolute Gasteiger partial charge is 0.497 e. The number of hydrogen-bond donors (Lipinski definition) is 0. The zero-order valence-electron chi connectivity index (χ0n) is 19.2. The van der Waals surface area contributed by atoms with Gasteiger partial charge in [0.2, 0.25) is 8.32 Å². The van der Waals surface area contributed by atoms with E-state index in [0.29, 0.717) is 16.6 Å². The molecule has 0 bridgehead atoms. The number of benzene rings is 1. The molecule has 1 aromatic rings. The number of ether oxygens (including phenoxy) is 3. The summed E-state index contributed by atoms with van der Waals surface area (Å²) in [6, 6.07) is 7.56. The lowest BCUT2D eigenvalue weighted by Crippen LogP contribution is -2.52. The molecule has 5 nitrogen and oxygen atoms in total. The fourth-order valence-corrected chi connectivity index (χ4v) is 9.56. The molecule has 0 radical (unpaired) electrons. The summed E-state index contributed by atoms with van der Waals surface area (Å²) in [5, 5.41) is 0. The molecule has 0 aliphatic carbocycles. The van der Waals surface area contributed by atoms with Crippen LogP contribution in [0.15, 0.2) is 30.3 Å². The van der Waals surface area contributed by atoms with Crippen molar-refractivity contribution < 1.29 is 23.4 Å². The van der Waals surface area contributed by atoms with E-state index in [1.54, 1.807) is 26.4 Å². The number of hydrogen-bond acceptors (Lipinski definition) is 5. The number of carbonyl (C=O) groups excluding carboxylic acids is 1. The molecule has 0 heterocycles. The Morgan fingerprint density at radius 2 is 1.52 bits per heavy atom.